The van der Waals surface area contributed by atoms with E-state index >= 15 is 0 Å². The molecule has 0 rings (SSSR count). The first-order valence-corrected chi connectivity index (χ1v) is 5.55. The Kier molecular flexibility index (Phi) is 6.08. The highest BCUT2D eigenvalue weighted by Gasteiger charge is 2.16. The molecule has 15 heavy (non-hydrogen) atoms. The quantitative estimate of drug-likeness (QED) is 0.361. The minimum absolute atomic E-state index is 0.224. The lowest BCUT2D eigenvalue weighted by atomic mass is 9.65. The number of hydrogen-bond acceptors (Lipinski definition) is 0. The first kappa shape index (κ1) is 14.0. The molecule has 0 atom stereocenters. The predicted molar refractivity (Wildman–Crippen MR) is 74.1 cm³/mol. The van der Waals surface area contributed by atoms with Gasteiger partial charge in [0.2, 0.25) is 0 Å². The van der Waals surface area contributed by atoms with Gasteiger partial charge in [0.25, 0.3) is 0 Å². The predicted octanol–water partition coefficient (Wildman–Crippen LogP) is 3.84. The second-order valence-corrected chi connectivity index (χ2v) is 4.75. The van der Waals surface area contributed by atoms with E-state index in [-0.39, 0.29) is 5.31 Å². The van der Waals surface area contributed by atoms with Gasteiger partial charge in [-0.2, -0.15) is 0 Å². The summed E-state index contributed by atoms with van der Waals surface area (Å²) < 4.78 is 0. The van der Waals surface area contributed by atoms with Crippen LogP contribution < -0.4 is 0 Å². The Balaban J connectivity index is 4.68. The molecule has 0 saturated carbocycles. The highest BCUT2D eigenvalue weighted by atomic mass is 14.2. The van der Waals surface area contributed by atoms with E-state index in [9.17, 15) is 0 Å². The van der Waals surface area contributed by atoms with Crippen LogP contribution in [0.2, 0.25) is 5.31 Å². The molecule has 0 saturated heterocycles. The van der Waals surface area contributed by atoms with E-state index < -0.39 is 0 Å². The summed E-state index contributed by atoms with van der Waals surface area (Å²) in [6.45, 7) is 12.4. The van der Waals surface area contributed by atoms with Crippen LogP contribution in [0.1, 0.15) is 34.1 Å². The maximum atomic E-state index is 3.68. The van der Waals surface area contributed by atoms with Crippen LogP contribution in [0, 0.1) is 0 Å². The smallest absolute Gasteiger partial charge is 0.103 e. The molecular formula is C14H23B. The molecule has 0 radical (unpaired) electrons. The number of rotatable bonds is 5. The van der Waals surface area contributed by atoms with Crippen LogP contribution in [-0.4, -0.2) is 7.85 Å². The molecule has 0 aliphatic rings. The maximum absolute atomic E-state index is 3.68. The zero-order valence-corrected chi connectivity index (χ0v) is 10.8. The first-order chi connectivity index (χ1) is 6.93. The van der Waals surface area contributed by atoms with Gasteiger partial charge in [-0.05, 0) is 31.2 Å². The molecule has 0 aromatic heterocycles. The van der Waals surface area contributed by atoms with E-state index in [1.54, 1.807) is 0 Å². The van der Waals surface area contributed by atoms with Crippen molar-refractivity contribution >= 4 is 7.85 Å². The van der Waals surface area contributed by atoms with Crippen LogP contribution in [0.5, 0.6) is 0 Å². The summed E-state index contributed by atoms with van der Waals surface area (Å²) in [7, 11) is 2.24. The summed E-state index contributed by atoms with van der Waals surface area (Å²) in [6.07, 6.45) is 11.4. The second-order valence-electron chi connectivity index (χ2n) is 4.75. The highest BCUT2D eigenvalue weighted by molar-refractivity contribution is 6.17. The normalized spacial score (nSPS) is 14.7. The van der Waals surface area contributed by atoms with E-state index in [1.807, 2.05) is 6.08 Å². The number of hydrogen-bond donors (Lipinski definition) is 0. The van der Waals surface area contributed by atoms with Crippen LogP contribution in [-0.2, 0) is 0 Å². The van der Waals surface area contributed by atoms with Gasteiger partial charge in [0.15, 0.2) is 0 Å². The lowest BCUT2D eigenvalue weighted by molar-refractivity contribution is 0.804. The monoisotopic (exact) mass is 202 g/mol. The average Bonchev–Trinajstić information content (AvgIpc) is 2.11. The van der Waals surface area contributed by atoms with E-state index in [1.165, 1.54) is 11.1 Å². The average molecular weight is 202 g/mol. The fourth-order valence-electron chi connectivity index (χ4n) is 1.73. The summed E-state index contributed by atoms with van der Waals surface area (Å²) in [5.74, 6) is 0. The van der Waals surface area contributed by atoms with Gasteiger partial charge >= 0.3 is 0 Å². The van der Waals surface area contributed by atoms with Gasteiger partial charge in [0.1, 0.15) is 7.85 Å². The molecule has 0 bridgehead atoms. The largest absolute Gasteiger partial charge is 0.114 e. The minimum atomic E-state index is 0.224. The lowest BCUT2D eigenvalue weighted by Gasteiger charge is -2.23. The topological polar surface area (TPSA) is 0 Å². The molecule has 0 N–H and O–H groups in total. The van der Waals surface area contributed by atoms with Crippen molar-refractivity contribution in [3.8, 4) is 0 Å². The molecule has 0 aromatic rings. The van der Waals surface area contributed by atoms with Gasteiger partial charge in [-0.1, -0.05) is 49.8 Å². The van der Waals surface area contributed by atoms with Crippen molar-refractivity contribution in [3.05, 3.63) is 48.1 Å². The van der Waals surface area contributed by atoms with Gasteiger partial charge in [-0.15, -0.1) is 6.58 Å². The minimum Gasteiger partial charge on any atom is -0.103 e. The van der Waals surface area contributed by atoms with Gasteiger partial charge in [0, 0.05) is 0 Å². The van der Waals surface area contributed by atoms with Crippen molar-refractivity contribution in [2.24, 2.45) is 0 Å². The Morgan fingerprint density at radius 3 is 2.40 bits per heavy atom. The standard InChI is InChI=1S/C14H23B/c1-6-8-9-10-11-12(3)13(7-2)14(4,5)15/h6-7,9-11H,1,8,15H2,2-5H3/b10-9+,12-11-,13-7+. The molecule has 0 nitrogen and oxygen atoms in total. The Morgan fingerprint density at radius 1 is 1.40 bits per heavy atom. The molecule has 0 aliphatic carbocycles. The van der Waals surface area contributed by atoms with Crippen molar-refractivity contribution in [2.45, 2.75) is 39.4 Å². The molecule has 0 heterocycles. The van der Waals surface area contributed by atoms with Crippen molar-refractivity contribution < 1.29 is 0 Å². The van der Waals surface area contributed by atoms with Gasteiger partial charge < -0.3 is 0 Å². The first-order valence-electron chi connectivity index (χ1n) is 5.55. The summed E-state index contributed by atoms with van der Waals surface area (Å²) in [6, 6.07) is 0. The molecule has 0 fully saturated rings. The van der Waals surface area contributed by atoms with Crippen molar-refractivity contribution in [3.63, 3.8) is 0 Å². The Bertz CT molecular complexity index is 285. The molecular weight excluding hydrogens is 179 g/mol. The van der Waals surface area contributed by atoms with Crippen LogP contribution in [0.4, 0.5) is 0 Å². The third-order valence-electron chi connectivity index (χ3n) is 2.31. The molecule has 0 aromatic carbocycles. The zero-order valence-electron chi connectivity index (χ0n) is 10.8. The second kappa shape index (κ2) is 6.50. The van der Waals surface area contributed by atoms with Crippen molar-refractivity contribution in [1.29, 1.82) is 0 Å². The van der Waals surface area contributed by atoms with Crippen LogP contribution >= 0.6 is 0 Å². The fourth-order valence-corrected chi connectivity index (χ4v) is 1.73. The van der Waals surface area contributed by atoms with Crippen molar-refractivity contribution in [2.75, 3.05) is 0 Å². The van der Waals surface area contributed by atoms with Gasteiger partial charge in [-0.25, -0.2) is 0 Å². The summed E-state index contributed by atoms with van der Waals surface area (Å²) in [5.41, 5.74) is 2.75. The van der Waals surface area contributed by atoms with Crippen LogP contribution in [0.25, 0.3) is 0 Å². The fraction of sp³-hybridized carbons (Fsp3) is 0.429. The molecule has 0 unspecified atom stereocenters. The maximum Gasteiger partial charge on any atom is 0.114 e. The van der Waals surface area contributed by atoms with E-state index in [0.717, 1.165) is 6.42 Å². The summed E-state index contributed by atoms with van der Waals surface area (Å²) in [4.78, 5) is 0. The van der Waals surface area contributed by atoms with E-state index in [4.69, 9.17) is 0 Å². The van der Waals surface area contributed by atoms with Crippen LogP contribution in [0.15, 0.2) is 48.1 Å². The Hall–Kier alpha value is -0.975. The molecule has 0 amide bonds. The SMILES string of the molecule is BC(C)(C)C(=C/C)/C(C)=C\C=C\CC=C. The van der Waals surface area contributed by atoms with E-state index in [2.05, 4.69) is 66.4 Å². The number of allylic oxidation sites excluding steroid dienone is 7. The Labute approximate surface area is 95.9 Å². The lowest BCUT2D eigenvalue weighted by Crippen LogP contribution is -2.07. The van der Waals surface area contributed by atoms with Crippen molar-refractivity contribution in [1.82, 2.24) is 0 Å². The molecule has 0 spiro atoms. The summed E-state index contributed by atoms with van der Waals surface area (Å²) in [5, 5.41) is 0.224. The van der Waals surface area contributed by atoms with E-state index in [0.29, 0.717) is 0 Å². The highest BCUT2D eigenvalue weighted by Crippen LogP contribution is 2.34. The molecule has 82 valence electrons. The molecule has 0 aliphatic heterocycles. The van der Waals surface area contributed by atoms with Crippen LogP contribution in [0.3, 0.4) is 0 Å². The Morgan fingerprint density at radius 2 is 2.00 bits per heavy atom. The van der Waals surface area contributed by atoms with Gasteiger partial charge in [0.05, 0.1) is 0 Å². The third kappa shape index (κ3) is 5.46. The zero-order chi connectivity index (χ0) is 11.9. The third-order valence-corrected chi connectivity index (χ3v) is 2.31. The summed E-state index contributed by atoms with van der Waals surface area (Å²) >= 11 is 0. The molecule has 1 heteroatoms. The van der Waals surface area contributed by atoms with Gasteiger partial charge in [-0.3, -0.25) is 0 Å².